The Bertz CT molecular complexity index is 301. The fourth-order valence-electron chi connectivity index (χ4n) is 2.43. The van der Waals surface area contributed by atoms with Crippen molar-refractivity contribution in [3.8, 4) is 6.07 Å². The summed E-state index contributed by atoms with van der Waals surface area (Å²) in [5.41, 5.74) is 5.92. The Morgan fingerprint density at radius 2 is 2.28 bits per heavy atom. The number of carbonyl (C=O) groups excluding carboxylic acids is 1. The molecule has 1 aliphatic carbocycles. The zero-order valence-corrected chi connectivity index (χ0v) is 11.1. The van der Waals surface area contributed by atoms with Crippen LogP contribution in [-0.4, -0.2) is 43.7 Å². The molecule has 0 spiro atoms. The van der Waals surface area contributed by atoms with E-state index in [4.69, 9.17) is 15.7 Å². The second-order valence-electron chi connectivity index (χ2n) is 4.85. The van der Waals surface area contributed by atoms with E-state index in [0.29, 0.717) is 26.1 Å². The highest BCUT2D eigenvalue weighted by atomic mass is 16.5. The molecular formula is C13H23N3O2. The lowest BCUT2D eigenvalue weighted by molar-refractivity contribution is -0.137. The van der Waals surface area contributed by atoms with Gasteiger partial charge < -0.3 is 15.4 Å². The maximum absolute atomic E-state index is 12.4. The summed E-state index contributed by atoms with van der Waals surface area (Å²) in [4.78, 5) is 14.1. The maximum Gasteiger partial charge on any atom is 0.225 e. The first-order valence-electron chi connectivity index (χ1n) is 6.59. The molecule has 1 amide bonds. The van der Waals surface area contributed by atoms with Gasteiger partial charge in [0.15, 0.2) is 0 Å². The van der Waals surface area contributed by atoms with Gasteiger partial charge in [0.1, 0.15) is 0 Å². The smallest absolute Gasteiger partial charge is 0.225 e. The molecule has 0 saturated heterocycles. The summed E-state index contributed by atoms with van der Waals surface area (Å²) in [5.74, 6) is 0.168. The number of carbonyl (C=O) groups is 1. The van der Waals surface area contributed by atoms with Crippen LogP contribution in [0.3, 0.4) is 0 Å². The average Bonchev–Trinajstić information content (AvgIpc) is 2.38. The minimum absolute atomic E-state index is 0.0318. The number of methoxy groups -OCH3 is 1. The molecule has 0 aromatic carbocycles. The van der Waals surface area contributed by atoms with Gasteiger partial charge in [0, 0.05) is 32.2 Å². The van der Waals surface area contributed by atoms with Crippen LogP contribution in [0.5, 0.6) is 0 Å². The topological polar surface area (TPSA) is 79.3 Å². The summed E-state index contributed by atoms with van der Waals surface area (Å²) < 4.78 is 5.01. The molecule has 0 heterocycles. The molecule has 0 radical (unpaired) electrons. The van der Waals surface area contributed by atoms with Gasteiger partial charge in [0.2, 0.25) is 5.91 Å². The lowest BCUT2D eigenvalue weighted by atomic mass is 9.85. The molecule has 1 rings (SSSR count). The lowest BCUT2D eigenvalue weighted by Crippen LogP contribution is -2.42. The zero-order valence-electron chi connectivity index (χ0n) is 11.1. The van der Waals surface area contributed by atoms with E-state index in [0.717, 1.165) is 25.7 Å². The summed E-state index contributed by atoms with van der Waals surface area (Å²) in [6.45, 7) is 1.56. The minimum atomic E-state index is 0.0318. The highest BCUT2D eigenvalue weighted by Crippen LogP contribution is 2.25. The molecule has 5 heteroatoms. The van der Waals surface area contributed by atoms with Crippen molar-refractivity contribution >= 4 is 5.91 Å². The van der Waals surface area contributed by atoms with E-state index in [-0.39, 0.29) is 17.9 Å². The molecule has 1 saturated carbocycles. The fourth-order valence-corrected chi connectivity index (χ4v) is 2.43. The van der Waals surface area contributed by atoms with Gasteiger partial charge in [-0.25, -0.2) is 0 Å². The van der Waals surface area contributed by atoms with Crippen LogP contribution in [0.25, 0.3) is 0 Å². The molecule has 2 N–H and O–H groups in total. The molecule has 0 aromatic rings. The van der Waals surface area contributed by atoms with Gasteiger partial charge in [-0.05, 0) is 19.3 Å². The third-order valence-corrected chi connectivity index (χ3v) is 3.43. The lowest BCUT2D eigenvalue weighted by Gasteiger charge is -2.31. The molecule has 1 fully saturated rings. The third kappa shape index (κ3) is 4.63. The molecule has 102 valence electrons. The zero-order chi connectivity index (χ0) is 13.4. The van der Waals surface area contributed by atoms with Gasteiger partial charge in [-0.3, -0.25) is 4.79 Å². The van der Waals surface area contributed by atoms with E-state index < -0.39 is 0 Å². The van der Waals surface area contributed by atoms with Gasteiger partial charge in [0.05, 0.1) is 19.1 Å². The summed E-state index contributed by atoms with van der Waals surface area (Å²) in [6, 6.07) is 2.23. The van der Waals surface area contributed by atoms with Crippen LogP contribution in [-0.2, 0) is 9.53 Å². The molecule has 0 bridgehead atoms. The number of nitriles is 1. The SMILES string of the molecule is COCCN(CCC#N)C(=O)C1CCCC(N)C1. The van der Waals surface area contributed by atoms with Crippen LogP contribution in [0.1, 0.15) is 32.1 Å². The van der Waals surface area contributed by atoms with E-state index >= 15 is 0 Å². The predicted octanol–water partition coefficient (Wildman–Crippen LogP) is 0.893. The normalized spacial score (nSPS) is 23.4. The summed E-state index contributed by atoms with van der Waals surface area (Å²) in [5, 5.41) is 8.64. The van der Waals surface area contributed by atoms with Crippen LogP contribution in [0.4, 0.5) is 0 Å². The summed E-state index contributed by atoms with van der Waals surface area (Å²) in [7, 11) is 1.61. The van der Waals surface area contributed by atoms with Crippen molar-refractivity contribution in [2.24, 2.45) is 11.7 Å². The Hall–Kier alpha value is -1.12. The van der Waals surface area contributed by atoms with Crippen molar-refractivity contribution in [3.05, 3.63) is 0 Å². The van der Waals surface area contributed by atoms with Crippen LogP contribution in [0.15, 0.2) is 0 Å². The van der Waals surface area contributed by atoms with E-state index in [2.05, 4.69) is 6.07 Å². The van der Waals surface area contributed by atoms with Gasteiger partial charge in [-0.15, -0.1) is 0 Å². The second-order valence-corrected chi connectivity index (χ2v) is 4.85. The van der Waals surface area contributed by atoms with Crippen molar-refractivity contribution in [2.45, 2.75) is 38.1 Å². The standard InChI is InChI=1S/C13H23N3O2/c1-18-9-8-16(7-3-6-14)13(17)11-4-2-5-12(15)10-11/h11-12H,2-5,7-10,15H2,1H3. The highest BCUT2D eigenvalue weighted by molar-refractivity contribution is 5.79. The number of hydrogen-bond acceptors (Lipinski definition) is 4. The highest BCUT2D eigenvalue weighted by Gasteiger charge is 2.28. The monoisotopic (exact) mass is 253 g/mol. The maximum atomic E-state index is 12.4. The number of nitrogens with zero attached hydrogens (tertiary/aromatic N) is 2. The number of hydrogen-bond donors (Lipinski definition) is 1. The largest absolute Gasteiger partial charge is 0.383 e. The minimum Gasteiger partial charge on any atom is -0.383 e. The van der Waals surface area contributed by atoms with Crippen LogP contribution in [0.2, 0.25) is 0 Å². The molecule has 5 nitrogen and oxygen atoms in total. The van der Waals surface area contributed by atoms with Crippen molar-refractivity contribution in [3.63, 3.8) is 0 Å². The number of nitrogens with two attached hydrogens (primary N) is 1. The van der Waals surface area contributed by atoms with Crippen molar-refractivity contribution < 1.29 is 9.53 Å². The van der Waals surface area contributed by atoms with Crippen molar-refractivity contribution in [1.82, 2.24) is 4.90 Å². The van der Waals surface area contributed by atoms with Crippen molar-refractivity contribution in [1.29, 1.82) is 5.26 Å². The first-order chi connectivity index (χ1) is 8.69. The molecule has 0 aliphatic heterocycles. The molecular weight excluding hydrogens is 230 g/mol. The summed E-state index contributed by atoms with van der Waals surface area (Å²) in [6.07, 6.45) is 4.10. The summed E-state index contributed by atoms with van der Waals surface area (Å²) >= 11 is 0. The Morgan fingerprint density at radius 1 is 1.50 bits per heavy atom. The molecule has 1 aliphatic rings. The quantitative estimate of drug-likeness (QED) is 0.762. The van der Waals surface area contributed by atoms with E-state index in [9.17, 15) is 4.79 Å². The van der Waals surface area contributed by atoms with Gasteiger partial charge in [-0.1, -0.05) is 6.42 Å². The Labute approximate surface area is 109 Å². The van der Waals surface area contributed by atoms with E-state index in [1.165, 1.54) is 0 Å². The molecule has 0 aromatic heterocycles. The predicted molar refractivity (Wildman–Crippen MR) is 68.6 cm³/mol. The second kappa shape index (κ2) is 8.06. The number of rotatable bonds is 6. The van der Waals surface area contributed by atoms with Crippen LogP contribution >= 0.6 is 0 Å². The number of amides is 1. The number of ether oxygens (including phenoxy) is 1. The van der Waals surface area contributed by atoms with E-state index in [1.807, 2.05) is 0 Å². The van der Waals surface area contributed by atoms with Crippen molar-refractivity contribution in [2.75, 3.05) is 26.8 Å². The first-order valence-corrected chi connectivity index (χ1v) is 6.59. The Morgan fingerprint density at radius 3 is 2.89 bits per heavy atom. The average molecular weight is 253 g/mol. The van der Waals surface area contributed by atoms with Gasteiger partial charge in [-0.2, -0.15) is 5.26 Å². The Kier molecular flexibility index (Phi) is 6.69. The molecule has 2 unspecified atom stereocenters. The molecule has 2 atom stereocenters. The fraction of sp³-hybridized carbons (Fsp3) is 0.846. The van der Waals surface area contributed by atoms with Crippen LogP contribution in [0, 0.1) is 17.2 Å². The third-order valence-electron chi connectivity index (χ3n) is 3.43. The first kappa shape index (κ1) is 14.9. The molecule has 18 heavy (non-hydrogen) atoms. The van der Waals surface area contributed by atoms with Gasteiger partial charge in [0.25, 0.3) is 0 Å². The Balaban J connectivity index is 2.53. The van der Waals surface area contributed by atoms with E-state index in [1.54, 1.807) is 12.0 Å². The van der Waals surface area contributed by atoms with Gasteiger partial charge >= 0.3 is 0 Å². The van der Waals surface area contributed by atoms with Crippen LogP contribution < -0.4 is 5.73 Å².